The molecule has 0 saturated heterocycles. The summed E-state index contributed by atoms with van der Waals surface area (Å²) in [5, 5.41) is 3.41. The standard InChI is InChI=1S/C12H22N2O/c1-4-14(5-2)7-6-13-9-12-8-11(3)15-10-12/h8,10,13H,4-7,9H2,1-3H3. The molecule has 1 aromatic rings. The normalized spacial score (nSPS) is 11.2. The van der Waals surface area contributed by atoms with Gasteiger partial charge in [-0.1, -0.05) is 13.8 Å². The van der Waals surface area contributed by atoms with Gasteiger partial charge in [-0.2, -0.15) is 0 Å². The summed E-state index contributed by atoms with van der Waals surface area (Å²) >= 11 is 0. The molecule has 0 aromatic carbocycles. The number of nitrogens with one attached hydrogen (secondary N) is 1. The smallest absolute Gasteiger partial charge is 0.101 e. The summed E-state index contributed by atoms with van der Waals surface area (Å²) in [6, 6.07) is 2.07. The molecular weight excluding hydrogens is 188 g/mol. The minimum absolute atomic E-state index is 0.901. The van der Waals surface area contributed by atoms with Crippen LogP contribution in [0.25, 0.3) is 0 Å². The largest absolute Gasteiger partial charge is 0.469 e. The van der Waals surface area contributed by atoms with E-state index in [1.807, 2.05) is 13.2 Å². The minimum atomic E-state index is 0.901. The molecule has 0 atom stereocenters. The fraction of sp³-hybridized carbons (Fsp3) is 0.667. The lowest BCUT2D eigenvalue weighted by molar-refractivity contribution is 0.302. The van der Waals surface area contributed by atoms with Gasteiger partial charge in [0.25, 0.3) is 0 Å². The van der Waals surface area contributed by atoms with Gasteiger partial charge in [0.2, 0.25) is 0 Å². The van der Waals surface area contributed by atoms with Crippen molar-refractivity contribution in [3.63, 3.8) is 0 Å². The van der Waals surface area contributed by atoms with Crippen molar-refractivity contribution in [2.24, 2.45) is 0 Å². The average Bonchev–Trinajstić information content (AvgIpc) is 2.65. The van der Waals surface area contributed by atoms with Gasteiger partial charge in [-0.25, -0.2) is 0 Å². The highest BCUT2D eigenvalue weighted by molar-refractivity contribution is 5.11. The predicted octanol–water partition coefficient (Wildman–Crippen LogP) is 2.02. The van der Waals surface area contributed by atoms with Crippen LogP contribution in [0.15, 0.2) is 16.7 Å². The molecule has 0 spiro atoms. The Labute approximate surface area is 92.5 Å². The van der Waals surface area contributed by atoms with Crippen molar-refractivity contribution in [2.75, 3.05) is 26.2 Å². The molecule has 3 heteroatoms. The third-order valence-electron chi connectivity index (χ3n) is 2.61. The quantitative estimate of drug-likeness (QED) is 0.698. The zero-order chi connectivity index (χ0) is 11.1. The molecule has 0 radical (unpaired) electrons. The van der Waals surface area contributed by atoms with Crippen LogP contribution in [0, 0.1) is 6.92 Å². The molecule has 1 N–H and O–H groups in total. The van der Waals surface area contributed by atoms with E-state index < -0.39 is 0 Å². The fourth-order valence-corrected chi connectivity index (χ4v) is 1.60. The van der Waals surface area contributed by atoms with Crippen molar-refractivity contribution in [1.82, 2.24) is 10.2 Å². The summed E-state index contributed by atoms with van der Waals surface area (Å²) in [6.45, 7) is 11.7. The van der Waals surface area contributed by atoms with E-state index in [1.165, 1.54) is 5.56 Å². The van der Waals surface area contributed by atoms with Crippen LogP contribution in [0.1, 0.15) is 25.2 Å². The van der Waals surface area contributed by atoms with Crippen molar-refractivity contribution in [3.8, 4) is 0 Å². The number of hydrogen-bond acceptors (Lipinski definition) is 3. The van der Waals surface area contributed by atoms with Gasteiger partial charge in [-0.3, -0.25) is 0 Å². The monoisotopic (exact) mass is 210 g/mol. The van der Waals surface area contributed by atoms with Gasteiger partial charge in [0.15, 0.2) is 0 Å². The Morgan fingerprint density at radius 3 is 2.60 bits per heavy atom. The molecular formula is C12H22N2O. The Morgan fingerprint density at radius 2 is 2.07 bits per heavy atom. The molecule has 0 fully saturated rings. The van der Waals surface area contributed by atoms with E-state index in [2.05, 4.69) is 30.1 Å². The van der Waals surface area contributed by atoms with Crippen LogP contribution in [-0.4, -0.2) is 31.1 Å². The molecule has 0 aliphatic heterocycles. The molecule has 0 aliphatic rings. The number of aryl methyl sites for hydroxylation is 1. The van der Waals surface area contributed by atoms with E-state index in [1.54, 1.807) is 0 Å². The van der Waals surface area contributed by atoms with Gasteiger partial charge >= 0.3 is 0 Å². The van der Waals surface area contributed by atoms with Crippen molar-refractivity contribution in [1.29, 1.82) is 0 Å². The third-order valence-corrected chi connectivity index (χ3v) is 2.61. The molecule has 15 heavy (non-hydrogen) atoms. The van der Waals surface area contributed by atoms with E-state index >= 15 is 0 Å². The summed E-state index contributed by atoms with van der Waals surface area (Å²) in [7, 11) is 0. The Hall–Kier alpha value is -0.800. The van der Waals surface area contributed by atoms with Gasteiger partial charge in [-0.05, 0) is 26.1 Å². The molecule has 0 saturated carbocycles. The first kappa shape index (κ1) is 12.3. The number of furan rings is 1. The molecule has 1 heterocycles. The molecule has 0 unspecified atom stereocenters. The van der Waals surface area contributed by atoms with Crippen molar-refractivity contribution >= 4 is 0 Å². The van der Waals surface area contributed by atoms with Crippen LogP contribution in [0.3, 0.4) is 0 Å². The lowest BCUT2D eigenvalue weighted by atomic mass is 10.3. The van der Waals surface area contributed by atoms with Crippen LogP contribution in [0.5, 0.6) is 0 Å². The van der Waals surface area contributed by atoms with Gasteiger partial charge in [0.1, 0.15) is 5.76 Å². The Kier molecular flexibility index (Phi) is 5.43. The Balaban J connectivity index is 2.11. The minimum Gasteiger partial charge on any atom is -0.469 e. The van der Waals surface area contributed by atoms with Crippen LogP contribution >= 0.6 is 0 Å². The second-order valence-corrected chi connectivity index (χ2v) is 3.77. The SMILES string of the molecule is CCN(CC)CCNCc1coc(C)c1. The fourth-order valence-electron chi connectivity index (χ4n) is 1.60. The number of likely N-dealkylation sites (N-methyl/N-ethyl adjacent to an activating group) is 1. The zero-order valence-corrected chi connectivity index (χ0v) is 10.0. The number of nitrogens with zero attached hydrogens (tertiary/aromatic N) is 1. The zero-order valence-electron chi connectivity index (χ0n) is 10.0. The summed E-state index contributed by atoms with van der Waals surface area (Å²) in [4.78, 5) is 2.41. The molecule has 1 rings (SSSR count). The number of hydrogen-bond donors (Lipinski definition) is 1. The Morgan fingerprint density at radius 1 is 1.33 bits per heavy atom. The van der Waals surface area contributed by atoms with Gasteiger partial charge < -0.3 is 14.6 Å². The topological polar surface area (TPSA) is 28.4 Å². The van der Waals surface area contributed by atoms with E-state index in [0.29, 0.717) is 0 Å². The van der Waals surface area contributed by atoms with Crippen LogP contribution in [0.4, 0.5) is 0 Å². The van der Waals surface area contributed by atoms with E-state index in [9.17, 15) is 0 Å². The van der Waals surface area contributed by atoms with Gasteiger partial charge in [0.05, 0.1) is 6.26 Å². The maximum Gasteiger partial charge on any atom is 0.101 e. The second-order valence-electron chi connectivity index (χ2n) is 3.77. The maximum atomic E-state index is 5.23. The van der Waals surface area contributed by atoms with E-state index in [4.69, 9.17) is 4.42 Å². The predicted molar refractivity (Wildman–Crippen MR) is 62.9 cm³/mol. The Bertz CT molecular complexity index is 266. The number of rotatable bonds is 7. The van der Waals surface area contributed by atoms with Crippen molar-refractivity contribution in [3.05, 3.63) is 23.7 Å². The molecule has 0 bridgehead atoms. The molecule has 1 aromatic heterocycles. The van der Waals surface area contributed by atoms with E-state index in [0.717, 1.165) is 38.5 Å². The second kappa shape index (κ2) is 6.64. The summed E-state index contributed by atoms with van der Waals surface area (Å²) < 4.78 is 5.23. The van der Waals surface area contributed by atoms with Crippen LogP contribution < -0.4 is 5.32 Å². The molecule has 0 aliphatic carbocycles. The first-order valence-corrected chi connectivity index (χ1v) is 5.73. The first-order valence-electron chi connectivity index (χ1n) is 5.73. The highest BCUT2D eigenvalue weighted by atomic mass is 16.3. The highest BCUT2D eigenvalue weighted by Gasteiger charge is 1.99. The highest BCUT2D eigenvalue weighted by Crippen LogP contribution is 2.04. The third kappa shape index (κ3) is 4.49. The van der Waals surface area contributed by atoms with Crippen LogP contribution in [0.2, 0.25) is 0 Å². The molecule has 3 nitrogen and oxygen atoms in total. The van der Waals surface area contributed by atoms with Crippen molar-refractivity contribution < 1.29 is 4.42 Å². The average molecular weight is 210 g/mol. The lowest BCUT2D eigenvalue weighted by Crippen LogP contribution is -2.31. The molecule has 0 amide bonds. The molecule has 86 valence electrons. The lowest BCUT2D eigenvalue weighted by Gasteiger charge is -2.17. The maximum absolute atomic E-state index is 5.23. The van der Waals surface area contributed by atoms with E-state index in [-0.39, 0.29) is 0 Å². The summed E-state index contributed by atoms with van der Waals surface area (Å²) in [5.41, 5.74) is 1.23. The van der Waals surface area contributed by atoms with Crippen molar-refractivity contribution in [2.45, 2.75) is 27.3 Å². The summed E-state index contributed by atoms with van der Waals surface area (Å²) in [5.74, 6) is 0.982. The summed E-state index contributed by atoms with van der Waals surface area (Å²) in [6.07, 6.45) is 1.82. The van der Waals surface area contributed by atoms with Gasteiger partial charge in [-0.15, -0.1) is 0 Å². The van der Waals surface area contributed by atoms with Gasteiger partial charge in [0, 0.05) is 25.2 Å². The first-order chi connectivity index (χ1) is 7.26. The van der Waals surface area contributed by atoms with Crippen LogP contribution in [-0.2, 0) is 6.54 Å².